The van der Waals surface area contributed by atoms with E-state index in [4.69, 9.17) is 5.26 Å². The zero-order valence-electron chi connectivity index (χ0n) is 11.9. The fourth-order valence-electron chi connectivity index (χ4n) is 4.01. The lowest BCUT2D eigenvalue weighted by Crippen LogP contribution is -2.26. The van der Waals surface area contributed by atoms with Crippen LogP contribution in [0.3, 0.4) is 0 Å². The maximum absolute atomic E-state index is 8.97. The van der Waals surface area contributed by atoms with Crippen LogP contribution in [0.25, 0.3) is 0 Å². The largest absolute Gasteiger partial charge is 0.192 e. The summed E-state index contributed by atoms with van der Waals surface area (Å²) in [5.74, 6) is 2.80. The monoisotopic (exact) mass is 253 g/mol. The Morgan fingerprint density at radius 1 is 1.00 bits per heavy atom. The van der Waals surface area contributed by atoms with Crippen molar-refractivity contribution in [3.8, 4) is 6.07 Å². The molecule has 1 nitrogen and oxygen atoms in total. The van der Waals surface area contributed by atoms with E-state index >= 15 is 0 Å². The number of nitriles is 1. The SMILES string of the molecule is CC1CCC(C2CCc3cc(C#N)ccc3C2)CC1. The van der Waals surface area contributed by atoms with Crippen molar-refractivity contribution >= 4 is 0 Å². The topological polar surface area (TPSA) is 23.8 Å². The van der Waals surface area contributed by atoms with Gasteiger partial charge in [0, 0.05) is 0 Å². The van der Waals surface area contributed by atoms with E-state index in [1.165, 1.54) is 56.1 Å². The molecule has 1 unspecified atom stereocenters. The fraction of sp³-hybridized carbons (Fsp3) is 0.611. The summed E-state index contributed by atoms with van der Waals surface area (Å²) in [6.07, 6.45) is 9.51. The summed E-state index contributed by atoms with van der Waals surface area (Å²) >= 11 is 0. The molecule has 0 N–H and O–H groups in total. The molecule has 0 spiro atoms. The first-order valence-electron chi connectivity index (χ1n) is 7.78. The molecule has 1 aromatic carbocycles. The van der Waals surface area contributed by atoms with Crippen LogP contribution in [0.15, 0.2) is 18.2 Å². The van der Waals surface area contributed by atoms with Crippen LogP contribution in [0.1, 0.15) is 55.7 Å². The van der Waals surface area contributed by atoms with Crippen molar-refractivity contribution in [1.29, 1.82) is 5.26 Å². The fourth-order valence-corrected chi connectivity index (χ4v) is 4.01. The van der Waals surface area contributed by atoms with Gasteiger partial charge in [0.25, 0.3) is 0 Å². The maximum atomic E-state index is 8.97. The standard InChI is InChI=1S/C18H23N/c1-13-2-5-15(6-3-13)17-9-8-16-10-14(12-19)4-7-18(16)11-17/h4,7,10,13,15,17H,2-3,5-6,8-9,11H2,1H3. The summed E-state index contributed by atoms with van der Waals surface area (Å²) in [5.41, 5.74) is 3.76. The molecule has 19 heavy (non-hydrogen) atoms. The van der Waals surface area contributed by atoms with Crippen LogP contribution in [0.4, 0.5) is 0 Å². The lowest BCUT2D eigenvalue weighted by Gasteiger charge is -2.35. The van der Waals surface area contributed by atoms with Gasteiger partial charge in [-0.3, -0.25) is 0 Å². The van der Waals surface area contributed by atoms with Crippen LogP contribution in [-0.2, 0) is 12.8 Å². The van der Waals surface area contributed by atoms with Crippen molar-refractivity contribution in [2.24, 2.45) is 17.8 Å². The zero-order valence-corrected chi connectivity index (χ0v) is 11.9. The van der Waals surface area contributed by atoms with Gasteiger partial charge in [0.2, 0.25) is 0 Å². The Morgan fingerprint density at radius 2 is 1.79 bits per heavy atom. The van der Waals surface area contributed by atoms with Gasteiger partial charge in [-0.2, -0.15) is 5.26 Å². The van der Waals surface area contributed by atoms with Gasteiger partial charge in [0.1, 0.15) is 0 Å². The van der Waals surface area contributed by atoms with Gasteiger partial charge >= 0.3 is 0 Å². The van der Waals surface area contributed by atoms with E-state index in [1.54, 1.807) is 0 Å². The van der Waals surface area contributed by atoms with E-state index in [1.807, 2.05) is 6.07 Å². The van der Waals surface area contributed by atoms with E-state index in [2.05, 4.69) is 25.1 Å². The van der Waals surface area contributed by atoms with Gasteiger partial charge in [0.05, 0.1) is 11.6 Å². The molecular weight excluding hydrogens is 230 g/mol. The summed E-state index contributed by atoms with van der Waals surface area (Å²) in [4.78, 5) is 0. The molecule has 0 radical (unpaired) electrons. The molecule has 3 rings (SSSR count). The van der Waals surface area contributed by atoms with Crippen LogP contribution in [0.5, 0.6) is 0 Å². The van der Waals surface area contributed by atoms with E-state index in [0.29, 0.717) is 0 Å². The zero-order chi connectivity index (χ0) is 13.2. The number of fused-ring (bicyclic) bond motifs is 1. The first-order chi connectivity index (χ1) is 9.26. The molecule has 1 heteroatoms. The molecule has 2 aliphatic rings. The van der Waals surface area contributed by atoms with Gasteiger partial charge < -0.3 is 0 Å². The number of hydrogen-bond donors (Lipinski definition) is 0. The van der Waals surface area contributed by atoms with Gasteiger partial charge in [-0.25, -0.2) is 0 Å². The molecular formula is C18H23N. The lowest BCUT2D eigenvalue weighted by atomic mass is 9.70. The highest BCUT2D eigenvalue weighted by molar-refractivity contribution is 5.39. The Balaban J connectivity index is 1.70. The second-order valence-corrected chi connectivity index (χ2v) is 6.62. The minimum Gasteiger partial charge on any atom is -0.192 e. The predicted molar refractivity (Wildman–Crippen MR) is 77.8 cm³/mol. The third kappa shape index (κ3) is 2.68. The van der Waals surface area contributed by atoms with Gasteiger partial charge in [0.15, 0.2) is 0 Å². The van der Waals surface area contributed by atoms with Crippen LogP contribution in [-0.4, -0.2) is 0 Å². The number of aryl methyl sites for hydroxylation is 1. The molecule has 1 aromatic rings. The number of rotatable bonds is 1. The average molecular weight is 253 g/mol. The van der Waals surface area contributed by atoms with Crippen LogP contribution in [0, 0.1) is 29.1 Å². The van der Waals surface area contributed by atoms with Crippen molar-refractivity contribution in [3.63, 3.8) is 0 Å². The Bertz CT molecular complexity index is 489. The van der Waals surface area contributed by atoms with E-state index in [9.17, 15) is 0 Å². The van der Waals surface area contributed by atoms with Gasteiger partial charge in [-0.1, -0.05) is 25.8 Å². The Hall–Kier alpha value is -1.29. The molecule has 0 aromatic heterocycles. The molecule has 100 valence electrons. The molecule has 1 saturated carbocycles. The third-order valence-corrected chi connectivity index (χ3v) is 5.33. The minimum absolute atomic E-state index is 0.823. The van der Waals surface area contributed by atoms with Crippen molar-refractivity contribution < 1.29 is 0 Å². The highest BCUT2D eigenvalue weighted by atomic mass is 14.3. The first-order valence-corrected chi connectivity index (χ1v) is 7.78. The summed E-state index contributed by atoms with van der Waals surface area (Å²) in [6.45, 7) is 2.40. The predicted octanol–water partition coefficient (Wildman–Crippen LogP) is 4.49. The molecule has 0 bridgehead atoms. The summed E-state index contributed by atoms with van der Waals surface area (Å²) in [6, 6.07) is 8.55. The Kier molecular flexibility index (Phi) is 3.60. The van der Waals surface area contributed by atoms with Crippen molar-refractivity contribution in [2.75, 3.05) is 0 Å². The molecule has 1 atom stereocenters. The van der Waals surface area contributed by atoms with Gasteiger partial charge in [-0.15, -0.1) is 0 Å². The van der Waals surface area contributed by atoms with Crippen molar-refractivity contribution in [1.82, 2.24) is 0 Å². The van der Waals surface area contributed by atoms with Crippen molar-refractivity contribution in [3.05, 3.63) is 34.9 Å². The molecule has 0 heterocycles. The molecule has 1 fully saturated rings. The lowest BCUT2D eigenvalue weighted by molar-refractivity contribution is 0.197. The van der Waals surface area contributed by atoms with Crippen LogP contribution >= 0.6 is 0 Å². The average Bonchev–Trinajstić information content (AvgIpc) is 2.47. The second kappa shape index (κ2) is 5.37. The normalized spacial score (nSPS) is 30.4. The van der Waals surface area contributed by atoms with E-state index in [-0.39, 0.29) is 0 Å². The molecule has 0 amide bonds. The van der Waals surface area contributed by atoms with E-state index < -0.39 is 0 Å². The molecule has 0 aliphatic heterocycles. The highest BCUT2D eigenvalue weighted by Gasteiger charge is 2.29. The van der Waals surface area contributed by atoms with E-state index in [0.717, 1.165) is 23.3 Å². The quantitative estimate of drug-likeness (QED) is 0.723. The number of benzene rings is 1. The van der Waals surface area contributed by atoms with Crippen molar-refractivity contribution in [2.45, 2.75) is 51.9 Å². The van der Waals surface area contributed by atoms with Crippen LogP contribution < -0.4 is 0 Å². The summed E-state index contributed by atoms with van der Waals surface area (Å²) in [7, 11) is 0. The first kappa shape index (κ1) is 12.7. The summed E-state index contributed by atoms with van der Waals surface area (Å²) < 4.78 is 0. The summed E-state index contributed by atoms with van der Waals surface area (Å²) in [5, 5.41) is 8.97. The maximum Gasteiger partial charge on any atom is 0.0991 e. The third-order valence-electron chi connectivity index (χ3n) is 5.33. The minimum atomic E-state index is 0.823. The molecule has 2 aliphatic carbocycles. The smallest absolute Gasteiger partial charge is 0.0991 e. The van der Waals surface area contributed by atoms with Gasteiger partial charge in [-0.05, 0) is 73.1 Å². The Morgan fingerprint density at radius 3 is 2.53 bits per heavy atom. The number of nitrogens with zero attached hydrogens (tertiary/aromatic N) is 1. The molecule has 0 saturated heterocycles. The second-order valence-electron chi connectivity index (χ2n) is 6.62. The Labute approximate surface area is 116 Å². The van der Waals surface area contributed by atoms with Crippen LogP contribution in [0.2, 0.25) is 0 Å². The number of hydrogen-bond acceptors (Lipinski definition) is 1. The highest BCUT2D eigenvalue weighted by Crippen LogP contribution is 2.39.